The van der Waals surface area contributed by atoms with Gasteiger partial charge in [0.2, 0.25) is 0 Å². The molecule has 2 heterocycles. The van der Waals surface area contributed by atoms with E-state index in [1.807, 2.05) is 11.3 Å². The molecule has 0 fully saturated rings. The van der Waals surface area contributed by atoms with Gasteiger partial charge >= 0.3 is 0 Å². The normalized spacial score (nSPS) is 11.5. The largest absolute Gasteiger partial charge is 0.360 e. The fourth-order valence-electron chi connectivity index (χ4n) is 2.19. The minimum atomic E-state index is 1.18. The highest BCUT2D eigenvalue weighted by molar-refractivity contribution is 7.17. The third kappa shape index (κ3) is 1.29. The summed E-state index contributed by atoms with van der Waals surface area (Å²) >= 11 is 1.83. The fraction of sp³-hybridized carbons (Fsp3) is 0.231. The van der Waals surface area contributed by atoms with Crippen LogP contribution in [0.15, 0.2) is 29.8 Å². The van der Waals surface area contributed by atoms with Crippen molar-refractivity contribution in [2.75, 3.05) is 0 Å². The van der Waals surface area contributed by atoms with Gasteiger partial charge in [0.25, 0.3) is 0 Å². The molecule has 0 spiro atoms. The molecular weight excluding hydrogens is 202 g/mol. The van der Waals surface area contributed by atoms with Gasteiger partial charge in [0.1, 0.15) is 0 Å². The van der Waals surface area contributed by atoms with Crippen LogP contribution in [0.3, 0.4) is 0 Å². The van der Waals surface area contributed by atoms with Crippen molar-refractivity contribution in [3.05, 3.63) is 35.3 Å². The van der Waals surface area contributed by atoms with Crippen LogP contribution in [-0.2, 0) is 6.42 Å². The van der Waals surface area contributed by atoms with E-state index in [4.69, 9.17) is 0 Å². The van der Waals surface area contributed by atoms with Crippen LogP contribution in [0.2, 0.25) is 0 Å². The Balaban J connectivity index is 2.34. The van der Waals surface area contributed by atoms with Crippen LogP contribution >= 0.6 is 11.3 Å². The van der Waals surface area contributed by atoms with E-state index in [9.17, 15) is 0 Å². The number of aromatic amines is 1. The smallest absolute Gasteiger partial charge is 0.0586 e. The van der Waals surface area contributed by atoms with E-state index in [1.54, 1.807) is 0 Å². The Morgan fingerprint density at radius 1 is 1.27 bits per heavy atom. The Morgan fingerprint density at radius 3 is 3.07 bits per heavy atom. The summed E-state index contributed by atoms with van der Waals surface area (Å²) in [6, 6.07) is 6.64. The SMILES string of the molecule is CCCc1ccc2c[nH]c3ccsc3c1-2. The van der Waals surface area contributed by atoms with Crippen LogP contribution in [0, 0.1) is 0 Å². The summed E-state index contributed by atoms with van der Waals surface area (Å²) in [5.74, 6) is 0. The van der Waals surface area contributed by atoms with E-state index in [1.165, 1.54) is 39.7 Å². The van der Waals surface area contributed by atoms with E-state index < -0.39 is 0 Å². The molecule has 1 aliphatic carbocycles. The molecule has 1 aromatic heterocycles. The zero-order chi connectivity index (χ0) is 10.3. The maximum absolute atomic E-state index is 3.34. The van der Waals surface area contributed by atoms with Gasteiger partial charge < -0.3 is 4.98 Å². The lowest BCUT2D eigenvalue weighted by atomic mass is 10.1. The third-order valence-corrected chi connectivity index (χ3v) is 3.80. The third-order valence-electron chi connectivity index (χ3n) is 2.87. The maximum Gasteiger partial charge on any atom is 0.0586 e. The van der Waals surface area contributed by atoms with Gasteiger partial charge in [0.15, 0.2) is 0 Å². The molecule has 76 valence electrons. The summed E-state index contributed by atoms with van der Waals surface area (Å²) in [5.41, 5.74) is 5.55. The van der Waals surface area contributed by atoms with Gasteiger partial charge in [0.05, 0.1) is 10.2 Å². The number of hydrogen-bond acceptors (Lipinski definition) is 1. The van der Waals surface area contributed by atoms with Gasteiger partial charge in [-0.25, -0.2) is 0 Å². The predicted molar refractivity (Wildman–Crippen MR) is 66.8 cm³/mol. The molecule has 15 heavy (non-hydrogen) atoms. The number of aryl methyl sites for hydroxylation is 1. The van der Waals surface area contributed by atoms with Crippen molar-refractivity contribution < 1.29 is 0 Å². The zero-order valence-electron chi connectivity index (χ0n) is 8.71. The topological polar surface area (TPSA) is 15.8 Å². The first-order valence-corrected chi connectivity index (χ1v) is 6.24. The van der Waals surface area contributed by atoms with E-state index in [-0.39, 0.29) is 0 Å². The molecule has 1 aliphatic heterocycles. The lowest BCUT2D eigenvalue weighted by molar-refractivity contribution is 0.928. The summed E-state index contributed by atoms with van der Waals surface area (Å²) in [7, 11) is 0. The lowest BCUT2D eigenvalue weighted by Gasteiger charge is -2.04. The van der Waals surface area contributed by atoms with E-state index in [0.717, 1.165) is 0 Å². The first-order valence-electron chi connectivity index (χ1n) is 5.36. The number of fused-ring (bicyclic) bond motifs is 3. The van der Waals surface area contributed by atoms with E-state index in [2.05, 4.69) is 41.7 Å². The van der Waals surface area contributed by atoms with Crippen LogP contribution < -0.4 is 0 Å². The number of nitrogens with one attached hydrogen (secondary N) is 1. The Bertz CT molecular complexity index is 561. The van der Waals surface area contributed by atoms with E-state index >= 15 is 0 Å². The Morgan fingerprint density at radius 2 is 2.20 bits per heavy atom. The van der Waals surface area contributed by atoms with Gasteiger partial charge in [-0.2, -0.15) is 0 Å². The molecule has 0 atom stereocenters. The number of thiophene rings is 1. The van der Waals surface area contributed by atoms with Crippen molar-refractivity contribution in [2.24, 2.45) is 0 Å². The average molecular weight is 215 g/mol. The van der Waals surface area contributed by atoms with E-state index in [0.29, 0.717) is 0 Å². The molecule has 0 amide bonds. The molecule has 1 nitrogen and oxygen atoms in total. The number of hydrogen-bond donors (Lipinski definition) is 1. The quantitative estimate of drug-likeness (QED) is 0.656. The molecule has 0 bridgehead atoms. The first kappa shape index (κ1) is 8.98. The molecule has 2 heteroatoms. The first-order chi connectivity index (χ1) is 7.40. The monoisotopic (exact) mass is 215 g/mol. The molecule has 0 radical (unpaired) electrons. The lowest BCUT2D eigenvalue weighted by Crippen LogP contribution is -1.85. The number of rotatable bonds is 2. The fourth-order valence-corrected chi connectivity index (χ4v) is 3.15. The molecule has 1 N–H and O–H groups in total. The second-order valence-corrected chi connectivity index (χ2v) is 4.81. The summed E-state index contributed by atoms with van der Waals surface area (Å²) in [6.07, 6.45) is 4.51. The van der Waals surface area contributed by atoms with Crippen LogP contribution in [-0.4, -0.2) is 4.98 Å². The van der Waals surface area contributed by atoms with Crippen molar-refractivity contribution in [3.63, 3.8) is 0 Å². The molecule has 1 aromatic rings. The Hall–Kier alpha value is -1.28. The van der Waals surface area contributed by atoms with Crippen molar-refractivity contribution in [1.82, 2.24) is 4.98 Å². The number of aromatic nitrogens is 1. The summed E-state index contributed by atoms with van der Waals surface area (Å²) < 4.78 is 1.40. The van der Waals surface area contributed by atoms with Crippen molar-refractivity contribution in [3.8, 4) is 11.1 Å². The highest BCUT2D eigenvalue weighted by Gasteiger charge is 2.13. The minimum Gasteiger partial charge on any atom is -0.360 e. The van der Waals surface area contributed by atoms with Crippen LogP contribution in [0.4, 0.5) is 0 Å². The van der Waals surface area contributed by atoms with Gasteiger partial charge in [-0.05, 0) is 29.0 Å². The van der Waals surface area contributed by atoms with Gasteiger partial charge in [-0.15, -0.1) is 11.3 Å². The highest BCUT2D eigenvalue weighted by Crippen LogP contribution is 2.37. The van der Waals surface area contributed by atoms with Gasteiger partial charge in [-0.3, -0.25) is 0 Å². The van der Waals surface area contributed by atoms with Gasteiger partial charge in [0, 0.05) is 11.8 Å². The van der Waals surface area contributed by atoms with Crippen molar-refractivity contribution in [2.45, 2.75) is 19.8 Å². The van der Waals surface area contributed by atoms with Crippen molar-refractivity contribution in [1.29, 1.82) is 0 Å². The van der Waals surface area contributed by atoms with Crippen LogP contribution in [0.5, 0.6) is 0 Å². The molecule has 0 saturated carbocycles. The molecule has 0 aromatic carbocycles. The van der Waals surface area contributed by atoms with Gasteiger partial charge in [-0.1, -0.05) is 25.5 Å². The molecule has 2 aliphatic rings. The standard InChI is InChI=1S/C13H13NS/c1-2-3-9-4-5-10-8-14-11-6-7-15-13(11)12(9)10/h4-8,14H,2-3H2,1H3. The number of pyridine rings is 1. The summed E-state index contributed by atoms with van der Waals surface area (Å²) in [4.78, 5) is 3.34. The molecule has 3 rings (SSSR count). The van der Waals surface area contributed by atoms with Crippen LogP contribution in [0.25, 0.3) is 21.3 Å². The summed E-state index contributed by atoms with van der Waals surface area (Å²) in [6.45, 7) is 2.24. The second-order valence-electron chi connectivity index (χ2n) is 3.89. The number of H-pyrrole nitrogens is 1. The molecule has 0 unspecified atom stereocenters. The minimum absolute atomic E-state index is 1.18. The molecule has 0 saturated heterocycles. The zero-order valence-corrected chi connectivity index (χ0v) is 9.53. The van der Waals surface area contributed by atoms with Crippen molar-refractivity contribution >= 4 is 21.6 Å². The average Bonchev–Trinajstić information content (AvgIpc) is 2.83. The Kier molecular flexibility index (Phi) is 2.03. The summed E-state index contributed by atoms with van der Waals surface area (Å²) in [5, 5.41) is 2.16. The second kappa shape index (κ2) is 3.38. The Labute approximate surface area is 93.1 Å². The maximum atomic E-state index is 3.34. The highest BCUT2D eigenvalue weighted by atomic mass is 32.1. The van der Waals surface area contributed by atoms with Crippen LogP contribution in [0.1, 0.15) is 18.9 Å². The molecular formula is C13H13NS. The predicted octanol–water partition coefficient (Wildman–Crippen LogP) is 4.29.